The van der Waals surface area contributed by atoms with Crippen molar-refractivity contribution in [1.82, 2.24) is 18.9 Å². The lowest BCUT2D eigenvalue weighted by Gasteiger charge is -2.45. The maximum atomic E-state index is 15.4. The molecule has 0 radical (unpaired) electrons. The summed E-state index contributed by atoms with van der Waals surface area (Å²) in [7, 11) is -3.18. The van der Waals surface area contributed by atoms with Crippen molar-refractivity contribution in [2.75, 3.05) is 53.9 Å². The fraction of sp³-hybridized carbons (Fsp3) is 0.479. The topological polar surface area (TPSA) is 205 Å². The second-order valence-electron chi connectivity index (χ2n) is 28.4. The Morgan fingerprint density at radius 3 is 1.67 bits per heavy atom. The van der Waals surface area contributed by atoms with E-state index in [1.807, 2.05) is 115 Å². The molecule has 3 fully saturated rings. The molecule has 9 rings (SSSR count). The van der Waals surface area contributed by atoms with Crippen LogP contribution in [-0.4, -0.2) is 151 Å². The van der Waals surface area contributed by atoms with Crippen LogP contribution >= 0.6 is 0 Å². The highest BCUT2D eigenvalue weighted by atomic mass is 28.4. The van der Waals surface area contributed by atoms with E-state index >= 15 is 14.4 Å². The fourth-order valence-electron chi connectivity index (χ4n) is 12.8. The Morgan fingerprint density at radius 1 is 0.656 bits per heavy atom. The average Bonchev–Trinajstić information content (AvgIpc) is 1.38. The number of hydrogen-bond donors (Lipinski definition) is 1. The molecule has 1 N–H and O–H groups in total. The molecule has 0 unspecified atom stereocenters. The number of carbonyl (C=O) groups is 3. The SMILES string of the molecule is COc1ccc(C(OC[C@H]2O[C@@H](N3C[C@@](C)(Cc4cn([C@H]5C[C@H](O)[C@@H](CO[Si](c6ccccc6)(c6ccccc6)C(C)(C)C)O5)c(=O)n(COCC[Si](C)(C)C)c4=O)C(=O)N(COCC[Si](C)(C)C)C3=O)C[C@@H]2OC(C)=O)(c2ccccc2)c2ccc(OC)cc2)cc1. The van der Waals surface area contributed by atoms with Crippen LogP contribution in [0, 0.1) is 5.41 Å². The second kappa shape index (κ2) is 29.4. The molecule has 19 nitrogen and oxygen atoms in total. The van der Waals surface area contributed by atoms with Crippen molar-refractivity contribution in [3.05, 3.63) is 189 Å². The van der Waals surface area contributed by atoms with Crippen molar-refractivity contribution in [1.29, 1.82) is 0 Å². The largest absolute Gasteiger partial charge is 0.497 e. The van der Waals surface area contributed by atoms with E-state index < -0.39 is 115 Å². The molecule has 6 aromatic rings. The van der Waals surface area contributed by atoms with E-state index in [2.05, 4.69) is 84.3 Å². The number of imide groups is 1. The Bertz CT molecular complexity index is 3530. The standard InChI is InChI=1S/C71H94N4O15Si3/c1-50(76)88-60-42-64(90-62(60)45-86-71(52-23-17-14-18-24-52,53-29-33-55(82-6)34-30-53)54-31-35-56(83-7)36-32-54)73-47-70(5,66(79)75(68(73)81)49-85-38-40-92(11,12)13)43-51-44-72(67(80)74(65(51)78)48-84-37-39-91(8,9)10)63-41-59(77)61(89-63)46-87-93(69(2,3)4,57-25-19-15-20-26-57)58-27-21-16-22-28-58/h14-36,44,59-64,77H,37-43,45-49H2,1-13H3/t59-,60-,61+,62+,63+,64+,70+/m0/s1. The molecule has 0 saturated carbocycles. The van der Waals surface area contributed by atoms with Crippen LogP contribution < -0.4 is 31.1 Å². The highest BCUT2D eigenvalue weighted by molar-refractivity contribution is 6.99. The molecule has 0 bridgehead atoms. The van der Waals surface area contributed by atoms with Crippen molar-refractivity contribution in [3.63, 3.8) is 0 Å². The molecule has 3 aliphatic rings. The summed E-state index contributed by atoms with van der Waals surface area (Å²) in [5.74, 6) is 0.0855. The van der Waals surface area contributed by atoms with Crippen LogP contribution in [0.3, 0.4) is 0 Å². The lowest BCUT2D eigenvalue weighted by Crippen LogP contribution is -2.67. The molecule has 5 aromatic carbocycles. The highest BCUT2D eigenvalue weighted by Crippen LogP contribution is 2.44. The molecule has 93 heavy (non-hydrogen) atoms. The Morgan fingerprint density at radius 2 is 1.16 bits per heavy atom. The number of urea groups is 1. The number of amides is 3. The first-order chi connectivity index (χ1) is 44.1. The van der Waals surface area contributed by atoms with Crippen molar-refractivity contribution >= 4 is 52.7 Å². The maximum absolute atomic E-state index is 15.4. The predicted molar refractivity (Wildman–Crippen MR) is 364 cm³/mol. The molecule has 500 valence electrons. The minimum atomic E-state index is -3.11. The van der Waals surface area contributed by atoms with Gasteiger partial charge in [-0.25, -0.2) is 19.1 Å². The molecule has 0 spiro atoms. The maximum Gasteiger partial charge on any atom is 0.335 e. The number of esters is 1. The average molecular weight is 1330 g/mol. The van der Waals surface area contributed by atoms with E-state index in [4.69, 9.17) is 42.3 Å². The highest BCUT2D eigenvalue weighted by Gasteiger charge is 2.55. The van der Waals surface area contributed by atoms with Gasteiger partial charge in [0.1, 0.15) is 61.3 Å². The first kappa shape index (κ1) is 70.5. The summed E-state index contributed by atoms with van der Waals surface area (Å²) in [4.78, 5) is 76.3. The number of aliphatic hydroxyl groups is 1. The summed E-state index contributed by atoms with van der Waals surface area (Å²) in [5, 5.41) is 13.7. The first-order valence-electron chi connectivity index (χ1n) is 32.1. The van der Waals surface area contributed by atoms with E-state index in [9.17, 15) is 14.7 Å². The van der Waals surface area contributed by atoms with Crippen molar-refractivity contribution in [2.45, 2.75) is 159 Å². The normalized spacial score (nSPS) is 21.5. The minimum absolute atomic E-state index is 0.00786. The molecule has 0 aliphatic carbocycles. The van der Waals surface area contributed by atoms with E-state index in [0.717, 1.165) is 48.6 Å². The number of rotatable bonds is 28. The molecule has 4 heterocycles. The molecule has 3 aliphatic heterocycles. The van der Waals surface area contributed by atoms with Gasteiger partial charge in [0.05, 0.1) is 39.0 Å². The van der Waals surface area contributed by atoms with Gasteiger partial charge in [-0.15, -0.1) is 0 Å². The Kier molecular flexibility index (Phi) is 22.3. The van der Waals surface area contributed by atoms with Crippen LogP contribution in [0.4, 0.5) is 4.79 Å². The zero-order chi connectivity index (χ0) is 67.1. The summed E-state index contributed by atoms with van der Waals surface area (Å²) in [5.41, 5.74) is -1.93. The van der Waals surface area contributed by atoms with Gasteiger partial charge < -0.3 is 47.4 Å². The predicted octanol–water partition coefficient (Wildman–Crippen LogP) is 9.75. The van der Waals surface area contributed by atoms with Crippen LogP contribution in [0.25, 0.3) is 0 Å². The summed E-state index contributed by atoms with van der Waals surface area (Å²) >= 11 is 0. The minimum Gasteiger partial charge on any atom is -0.497 e. The number of ether oxygens (including phenoxy) is 8. The van der Waals surface area contributed by atoms with E-state index in [1.165, 1.54) is 22.6 Å². The quantitative estimate of drug-likeness (QED) is 0.0210. The number of hydrogen-bond acceptors (Lipinski definition) is 15. The van der Waals surface area contributed by atoms with Gasteiger partial charge in [-0.1, -0.05) is 175 Å². The summed E-state index contributed by atoms with van der Waals surface area (Å²) in [6.45, 7) is 22.0. The van der Waals surface area contributed by atoms with Gasteiger partial charge in [0.25, 0.3) is 13.9 Å². The van der Waals surface area contributed by atoms with Crippen molar-refractivity contribution < 1.29 is 61.8 Å². The van der Waals surface area contributed by atoms with Gasteiger partial charge in [0, 0.05) is 67.4 Å². The molecule has 7 atom stereocenters. The zero-order valence-electron chi connectivity index (χ0n) is 56.3. The molecular formula is C71H94N4O15Si3. The van der Waals surface area contributed by atoms with Crippen molar-refractivity contribution in [2.24, 2.45) is 5.41 Å². The van der Waals surface area contributed by atoms with Gasteiger partial charge in [0.15, 0.2) is 0 Å². The summed E-state index contributed by atoms with van der Waals surface area (Å²) in [6.07, 6.45) is -4.94. The van der Waals surface area contributed by atoms with Crippen LogP contribution in [0.15, 0.2) is 155 Å². The van der Waals surface area contributed by atoms with Crippen LogP contribution in [-0.2, 0) is 61.2 Å². The number of aliphatic hydroxyl groups excluding tert-OH is 1. The number of nitrogens with zero attached hydrogens (tertiary/aromatic N) is 4. The first-order valence-corrected chi connectivity index (χ1v) is 41.5. The monoisotopic (exact) mass is 1330 g/mol. The molecule has 22 heteroatoms. The smallest absolute Gasteiger partial charge is 0.335 e. The van der Waals surface area contributed by atoms with E-state index in [0.29, 0.717) is 18.1 Å². The lowest BCUT2D eigenvalue weighted by atomic mass is 9.80. The van der Waals surface area contributed by atoms with Crippen LogP contribution in [0.5, 0.6) is 11.5 Å². The number of methoxy groups -OCH3 is 2. The Labute approximate surface area is 549 Å². The van der Waals surface area contributed by atoms with E-state index in [-0.39, 0.29) is 56.2 Å². The summed E-state index contributed by atoms with van der Waals surface area (Å²) in [6, 6.07) is 45.9. The second-order valence-corrected chi connectivity index (χ2v) is 43.9. The molecular weight excluding hydrogens is 1230 g/mol. The van der Waals surface area contributed by atoms with Gasteiger partial charge in [-0.05, 0) is 81.8 Å². The third kappa shape index (κ3) is 15.9. The number of carbonyl (C=O) groups excluding carboxylic acids is 3. The number of benzene rings is 5. The summed E-state index contributed by atoms with van der Waals surface area (Å²) < 4.78 is 60.0. The Hall–Kier alpha value is -6.84. The number of aromatic nitrogens is 2. The van der Waals surface area contributed by atoms with Gasteiger partial charge in [-0.2, -0.15) is 0 Å². The van der Waals surface area contributed by atoms with Crippen LogP contribution in [0.1, 0.15) is 75.9 Å². The van der Waals surface area contributed by atoms with E-state index in [1.54, 1.807) is 21.1 Å². The molecule has 1 aromatic heterocycles. The third-order valence-corrected chi connectivity index (χ3v) is 26.3. The van der Waals surface area contributed by atoms with Gasteiger partial charge in [0.2, 0.25) is 5.91 Å². The van der Waals surface area contributed by atoms with Gasteiger partial charge >= 0.3 is 17.7 Å². The Balaban J connectivity index is 1.07. The lowest BCUT2D eigenvalue weighted by molar-refractivity contribution is -0.159. The van der Waals surface area contributed by atoms with Crippen LogP contribution in [0.2, 0.25) is 56.4 Å². The zero-order valence-corrected chi connectivity index (χ0v) is 59.3. The molecule has 3 amide bonds. The fourth-order valence-corrected chi connectivity index (χ4v) is 18.9. The molecule has 3 saturated heterocycles. The van der Waals surface area contributed by atoms with Gasteiger partial charge in [-0.3, -0.25) is 23.9 Å². The van der Waals surface area contributed by atoms with Crippen molar-refractivity contribution in [3.8, 4) is 11.5 Å². The third-order valence-electron chi connectivity index (χ3n) is 17.9.